The van der Waals surface area contributed by atoms with Crippen molar-refractivity contribution in [2.24, 2.45) is 5.10 Å². The molecule has 0 radical (unpaired) electrons. The van der Waals surface area contributed by atoms with Gasteiger partial charge in [0.25, 0.3) is 0 Å². The van der Waals surface area contributed by atoms with Crippen LogP contribution in [0.25, 0.3) is 0 Å². The van der Waals surface area contributed by atoms with E-state index >= 15 is 0 Å². The number of carbonyl (C=O) groups excluding carboxylic acids is 1. The van der Waals surface area contributed by atoms with Crippen molar-refractivity contribution in [3.8, 4) is 0 Å². The summed E-state index contributed by atoms with van der Waals surface area (Å²) in [6, 6.07) is 16.2. The second-order valence-electron chi connectivity index (χ2n) is 5.86. The normalized spacial score (nSPS) is 14.3. The van der Waals surface area contributed by atoms with Crippen LogP contribution in [0.2, 0.25) is 0 Å². The number of carbonyl (C=O) groups is 1. The van der Waals surface area contributed by atoms with Crippen LogP contribution in [0.4, 0.5) is 11.4 Å². The third-order valence-corrected chi connectivity index (χ3v) is 3.99. The van der Waals surface area contributed by atoms with Gasteiger partial charge in [-0.25, -0.2) is 0 Å². The Morgan fingerprint density at radius 2 is 2.00 bits per heavy atom. The standard InChI is InChI=1S/C19H21N3O/c1-14-7-5-10-17(13-14)20-21-19(15(2)23)22-12-6-9-16-8-3-4-11-18(16)22/h3-5,7-8,10-11,13,20H,6,9,12H2,1-2H3/b21-19-. The van der Waals surface area contributed by atoms with Gasteiger partial charge in [-0.1, -0.05) is 30.3 Å². The largest absolute Gasteiger partial charge is 0.322 e. The fraction of sp³-hybridized carbons (Fsp3) is 0.263. The molecule has 118 valence electrons. The SMILES string of the molecule is CC(=O)/C(=N/Nc1cccc(C)c1)N1CCCc2ccccc21. The van der Waals surface area contributed by atoms with Gasteiger partial charge in [0.05, 0.1) is 5.69 Å². The van der Waals surface area contributed by atoms with E-state index in [0.717, 1.165) is 36.3 Å². The van der Waals surface area contributed by atoms with Crippen molar-refractivity contribution in [3.63, 3.8) is 0 Å². The molecule has 0 aromatic heterocycles. The zero-order valence-electron chi connectivity index (χ0n) is 13.5. The molecule has 1 aliphatic heterocycles. The molecular formula is C19H21N3O. The molecule has 0 fully saturated rings. The van der Waals surface area contributed by atoms with Crippen molar-refractivity contribution in [1.29, 1.82) is 0 Å². The van der Waals surface area contributed by atoms with Crippen molar-refractivity contribution in [2.45, 2.75) is 26.7 Å². The first-order valence-electron chi connectivity index (χ1n) is 7.92. The first kappa shape index (κ1) is 15.3. The van der Waals surface area contributed by atoms with Gasteiger partial charge in [0.2, 0.25) is 0 Å². The van der Waals surface area contributed by atoms with Gasteiger partial charge in [-0.05, 0) is 49.1 Å². The van der Waals surface area contributed by atoms with Crippen LogP contribution in [-0.2, 0) is 11.2 Å². The lowest BCUT2D eigenvalue weighted by Crippen LogP contribution is -2.39. The number of hydrazone groups is 1. The molecule has 3 rings (SSSR count). The molecule has 0 atom stereocenters. The minimum Gasteiger partial charge on any atom is -0.322 e. The molecule has 1 aliphatic rings. The minimum absolute atomic E-state index is 0.0399. The van der Waals surface area contributed by atoms with Crippen LogP contribution in [0.1, 0.15) is 24.5 Å². The molecule has 0 spiro atoms. The van der Waals surface area contributed by atoms with Crippen LogP contribution in [0.5, 0.6) is 0 Å². The maximum absolute atomic E-state index is 12.1. The summed E-state index contributed by atoms with van der Waals surface area (Å²) in [4.78, 5) is 14.1. The monoisotopic (exact) mass is 307 g/mol. The van der Waals surface area contributed by atoms with Crippen molar-refractivity contribution >= 4 is 23.0 Å². The van der Waals surface area contributed by atoms with Crippen LogP contribution >= 0.6 is 0 Å². The van der Waals surface area contributed by atoms with Gasteiger partial charge in [-0.15, -0.1) is 0 Å². The van der Waals surface area contributed by atoms with Gasteiger partial charge in [-0.3, -0.25) is 10.2 Å². The molecule has 0 saturated carbocycles. The van der Waals surface area contributed by atoms with Gasteiger partial charge in [0.1, 0.15) is 0 Å². The van der Waals surface area contributed by atoms with Gasteiger partial charge in [0, 0.05) is 19.2 Å². The molecule has 0 saturated heterocycles. The van der Waals surface area contributed by atoms with E-state index in [0.29, 0.717) is 5.84 Å². The molecule has 0 bridgehead atoms. The number of Topliss-reactive ketones (excluding diaryl/α,β-unsaturated/α-hetero) is 1. The third-order valence-electron chi connectivity index (χ3n) is 3.99. The highest BCUT2D eigenvalue weighted by Crippen LogP contribution is 2.27. The minimum atomic E-state index is -0.0399. The Kier molecular flexibility index (Phi) is 4.42. The van der Waals surface area contributed by atoms with E-state index in [-0.39, 0.29) is 5.78 Å². The summed E-state index contributed by atoms with van der Waals surface area (Å²) in [7, 11) is 0. The van der Waals surface area contributed by atoms with E-state index in [4.69, 9.17) is 0 Å². The van der Waals surface area contributed by atoms with Crippen LogP contribution in [-0.4, -0.2) is 18.2 Å². The highest BCUT2D eigenvalue weighted by molar-refractivity contribution is 6.43. The molecule has 1 heterocycles. The first-order chi connectivity index (χ1) is 11.1. The van der Waals surface area contributed by atoms with Gasteiger partial charge < -0.3 is 4.90 Å². The van der Waals surface area contributed by atoms with Crippen LogP contribution in [0, 0.1) is 6.92 Å². The summed E-state index contributed by atoms with van der Waals surface area (Å²) in [5.74, 6) is 0.417. The Bertz CT molecular complexity index is 752. The number of benzene rings is 2. The Hall–Kier alpha value is -2.62. The zero-order valence-corrected chi connectivity index (χ0v) is 13.5. The number of nitrogens with one attached hydrogen (secondary N) is 1. The number of amidine groups is 1. The molecule has 2 aromatic carbocycles. The number of para-hydroxylation sites is 1. The molecule has 0 unspecified atom stereocenters. The second kappa shape index (κ2) is 6.65. The molecule has 4 heteroatoms. The Morgan fingerprint density at radius 1 is 1.17 bits per heavy atom. The predicted molar refractivity (Wildman–Crippen MR) is 95.0 cm³/mol. The van der Waals surface area contributed by atoms with E-state index in [9.17, 15) is 4.79 Å². The average molecular weight is 307 g/mol. The lowest BCUT2D eigenvalue weighted by Gasteiger charge is -2.30. The third kappa shape index (κ3) is 3.42. The van der Waals surface area contributed by atoms with Crippen molar-refractivity contribution < 1.29 is 4.79 Å². The topological polar surface area (TPSA) is 44.7 Å². The van der Waals surface area contributed by atoms with Crippen LogP contribution in [0.15, 0.2) is 53.6 Å². The van der Waals surface area contributed by atoms with E-state index in [2.05, 4.69) is 22.7 Å². The summed E-state index contributed by atoms with van der Waals surface area (Å²) >= 11 is 0. The molecule has 4 nitrogen and oxygen atoms in total. The molecule has 0 amide bonds. The van der Waals surface area contributed by atoms with Gasteiger partial charge >= 0.3 is 0 Å². The summed E-state index contributed by atoms with van der Waals surface area (Å²) in [5.41, 5.74) is 7.40. The van der Waals surface area contributed by atoms with Crippen molar-refractivity contribution in [3.05, 3.63) is 59.7 Å². The summed E-state index contributed by atoms with van der Waals surface area (Å²) < 4.78 is 0. The molecule has 2 aromatic rings. The Balaban J connectivity index is 1.91. The fourth-order valence-corrected chi connectivity index (χ4v) is 2.91. The van der Waals surface area contributed by atoms with Gasteiger partial charge in [-0.2, -0.15) is 5.10 Å². The number of hydrogen-bond donors (Lipinski definition) is 1. The van der Waals surface area contributed by atoms with E-state index in [1.54, 1.807) is 6.92 Å². The maximum atomic E-state index is 12.1. The van der Waals surface area contributed by atoms with Crippen molar-refractivity contribution in [2.75, 3.05) is 16.9 Å². The summed E-state index contributed by atoms with van der Waals surface area (Å²) in [6.45, 7) is 4.40. The predicted octanol–water partition coefficient (Wildman–Crippen LogP) is 3.76. The Morgan fingerprint density at radius 3 is 2.78 bits per heavy atom. The first-order valence-corrected chi connectivity index (χ1v) is 7.92. The Labute approximate surface area is 136 Å². The number of anilines is 2. The molecule has 23 heavy (non-hydrogen) atoms. The number of fused-ring (bicyclic) bond motifs is 1. The number of hydrogen-bond acceptors (Lipinski definition) is 3. The van der Waals surface area contributed by atoms with Crippen molar-refractivity contribution in [1.82, 2.24) is 0 Å². The lowest BCUT2D eigenvalue weighted by atomic mass is 10.0. The number of ketones is 1. The van der Waals surface area contributed by atoms with E-state index in [1.807, 2.05) is 48.2 Å². The number of rotatable bonds is 3. The molecule has 0 aliphatic carbocycles. The smallest absolute Gasteiger partial charge is 0.197 e. The zero-order chi connectivity index (χ0) is 16.2. The second-order valence-corrected chi connectivity index (χ2v) is 5.86. The fourth-order valence-electron chi connectivity index (χ4n) is 2.91. The highest BCUT2D eigenvalue weighted by atomic mass is 16.1. The molecular weight excluding hydrogens is 286 g/mol. The lowest BCUT2D eigenvalue weighted by molar-refractivity contribution is -0.111. The van der Waals surface area contributed by atoms with Crippen LogP contribution < -0.4 is 10.3 Å². The number of aryl methyl sites for hydroxylation is 2. The van der Waals surface area contributed by atoms with E-state index in [1.165, 1.54) is 5.56 Å². The average Bonchev–Trinajstić information content (AvgIpc) is 2.55. The van der Waals surface area contributed by atoms with Gasteiger partial charge in [0.15, 0.2) is 11.6 Å². The summed E-state index contributed by atoms with van der Waals surface area (Å²) in [5, 5.41) is 4.40. The number of nitrogens with zero attached hydrogens (tertiary/aromatic N) is 2. The quantitative estimate of drug-likeness (QED) is 0.533. The summed E-state index contributed by atoms with van der Waals surface area (Å²) in [6.07, 6.45) is 2.07. The maximum Gasteiger partial charge on any atom is 0.197 e. The van der Waals surface area contributed by atoms with Crippen LogP contribution in [0.3, 0.4) is 0 Å². The highest BCUT2D eigenvalue weighted by Gasteiger charge is 2.23. The van der Waals surface area contributed by atoms with E-state index < -0.39 is 0 Å². The molecule has 1 N–H and O–H groups in total.